The van der Waals surface area contributed by atoms with Crippen molar-refractivity contribution in [2.75, 3.05) is 0 Å². The van der Waals surface area contributed by atoms with Crippen LogP contribution in [-0.4, -0.2) is 5.78 Å². The van der Waals surface area contributed by atoms with Crippen molar-refractivity contribution in [2.45, 2.75) is 13.5 Å². The number of carbonyl (C=O) groups excluding carboxylic acids is 1. The average molecular weight is 236 g/mol. The number of ketones is 1. The molecule has 0 aliphatic rings. The van der Waals surface area contributed by atoms with Crippen molar-refractivity contribution in [3.63, 3.8) is 0 Å². The molecule has 88 valence electrons. The summed E-state index contributed by atoms with van der Waals surface area (Å²) in [6.07, 6.45) is 5.45. The monoisotopic (exact) mass is 236 g/mol. The first kappa shape index (κ1) is 12.1. The maximum atomic E-state index is 12.1. The molecule has 0 saturated heterocycles. The SMILES string of the molecule is C#Cc1cccc(C)[n+]1CC(=O)c1ccccc1. The Morgan fingerprint density at radius 1 is 1.17 bits per heavy atom. The molecule has 2 nitrogen and oxygen atoms in total. The number of terminal acetylenes is 1. The smallest absolute Gasteiger partial charge is 0.257 e. The van der Waals surface area contributed by atoms with Crippen LogP contribution in [0.3, 0.4) is 0 Å². The van der Waals surface area contributed by atoms with Crippen molar-refractivity contribution in [3.05, 3.63) is 65.5 Å². The second-order valence-electron chi connectivity index (χ2n) is 4.07. The summed E-state index contributed by atoms with van der Waals surface area (Å²) in [5, 5.41) is 0. The lowest BCUT2D eigenvalue weighted by Crippen LogP contribution is -2.43. The van der Waals surface area contributed by atoms with Crippen LogP contribution < -0.4 is 4.57 Å². The Balaban J connectivity index is 2.31. The minimum Gasteiger partial charge on any atom is -0.287 e. The molecule has 1 heterocycles. The van der Waals surface area contributed by atoms with Crippen molar-refractivity contribution >= 4 is 5.78 Å². The topological polar surface area (TPSA) is 20.9 Å². The Kier molecular flexibility index (Phi) is 3.54. The van der Waals surface area contributed by atoms with Crippen molar-refractivity contribution in [3.8, 4) is 12.3 Å². The molecule has 18 heavy (non-hydrogen) atoms. The van der Waals surface area contributed by atoms with Crippen molar-refractivity contribution in [2.24, 2.45) is 0 Å². The quantitative estimate of drug-likeness (QED) is 0.454. The van der Waals surface area contributed by atoms with Crippen LogP contribution in [0.25, 0.3) is 0 Å². The van der Waals surface area contributed by atoms with E-state index in [9.17, 15) is 4.79 Å². The zero-order chi connectivity index (χ0) is 13.0. The number of aryl methyl sites for hydroxylation is 1. The third-order valence-corrected chi connectivity index (χ3v) is 2.85. The van der Waals surface area contributed by atoms with Crippen LogP contribution in [-0.2, 0) is 6.54 Å². The summed E-state index contributed by atoms with van der Waals surface area (Å²) < 4.78 is 1.86. The molecule has 0 saturated carbocycles. The fourth-order valence-electron chi connectivity index (χ4n) is 1.84. The number of Topliss-reactive ketones (excluding diaryl/α,β-unsaturated/α-hetero) is 1. The van der Waals surface area contributed by atoms with E-state index in [1.54, 1.807) is 0 Å². The Labute approximate surface area is 107 Å². The van der Waals surface area contributed by atoms with E-state index in [0.717, 1.165) is 11.4 Å². The summed E-state index contributed by atoms with van der Waals surface area (Å²) in [7, 11) is 0. The standard InChI is InChI=1S/C16H14NO/c1-3-15-11-7-8-13(2)17(15)12-16(18)14-9-5-4-6-10-14/h1,4-11H,12H2,2H3/q+1. The summed E-state index contributed by atoms with van der Waals surface area (Å²) in [5.74, 6) is 2.67. The van der Waals surface area contributed by atoms with E-state index in [-0.39, 0.29) is 12.3 Å². The van der Waals surface area contributed by atoms with Crippen LogP contribution in [0.15, 0.2) is 48.5 Å². The number of hydrogen-bond donors (Lipinski definition) is 0. The van der Waals surface area contributed by atoms with Crippen molar-refractivity contribution < 1.29 is 9.36 Å². The number of aromatic nitrogens is 1. The normalized spacial score (nSPS) is 9.78. The molecule has 2 rings (SSSR count). The molecular weight excluding hydrogens is 222 g/mol. The predicted molar refractivity (Wildman–Crippen MR) is 70.1 cm³/mol. The first-order chi connectivity index (χ1) is 8.72. The minimum absolute atomic E-state index is 0.0615. The number of rotatable bonds is 3. The van der Waals surface area contributed by atoms with E-state index in [4.69, 9.17) is 6.42 Å². The van der Waals surface area contributed by atoms with Crippen molar-refractivity contribution in [1.29, 1.82) is 0 Å². The molecule has 0 radical (unpaired) electrons. The van der Waals surface area contributed by atoms with Crippen molar-refractivity contribution in [1.82, 2.24) is 0 Å². The van der Waals surface area contributed by atoms with Gasteiger partial charge in [-0.2, -0.15) is 4.57 Å². The molecule has 0 unspecified atom stereocenters. The van der Waals surface area contributed by atoms with Gasteiger partial charge in [0.05, 0.1) is 0 Å². The largest absolute Gasteiger partial charge is 0.287 e. The predicted octanol–water partition coefficient (Wildman–Crippen LogP) is 2.15. The van der Waals surface area contributed by atoms with Gasteiger partial charge in [-0.25, -0.2) is 0 Å². The average Bonchev–Trinajstić information content (AvgIpc) is 2.42. The molecule has 2 aromatic rings. The van der Waals surface area contributed by atoms with Gasteiger partial charge in [0.2, 0.25) is 12.3 Å². The maximum absolute atomic E-state index is 12.1. The molecule has 0 atom stereocenters. The third-order valence-electron chi connectivity index (χ3n) is 2.85. The number of carbonyl (C=O) groups is 1. The number of nitrogens with zero attached hydrogens (tertiary/aromatic N) is 1. The van der Waals surface area contributed by atoms with Crippen LogP contribution in [0.5, 0.6) is 0 Å². The molecule has 0 amide bonds. The maximum Gasteiger partial charge on any atom is 0.257 e. The highest BCUT2D eigenvalue weighted by molar-refractivity contribution is 5.94. The Bertz CT molecular complexity index is 609. The van der Waals surface area contributed by atoms with E-state index >= 15 is 0 Å². The minimum atomic E-state index is 0.0615. The molecule has 0 aliphatic heterocycles. The highest BCUT2D eigenvalue weighted by Crippen LogP contribution is 2.02. The summed E-state index contributed by atoms with van der Waals surface area (Å²) in [5.41, 5.74) is 2.41. The van der Waals surface area contributed by atoms with Gasteiger partial charge in [0.25, 0.3) is 5.69 Å². The molecule has 0 fully saturated rings. The Hall–Kier alpha value is -2.40. The molecule has 2 heteroatoms. The van der Waals surface area contributed by atoms with Gasteiger partial charge in [0.1, 0.15) is 0 Å². The highest BCUT2D eigenvalue weighted by Gasteiger charge is 2.17. The highest BCUT2D eigenvalue weighted by atomic mass is 16.1. The first-order valence-electron chi connectivity index (χ1n) is 5.76. The lowest BCUT2D eigenvalue weighted by molar-refractivity contribution is -0.691. The van der Waals surface area contributed by atoms with Crippen LogP contribution in [0.4, 0.5) is 0 Å². The van der Waals surface area contributed by atoms with Gasteiger partial charge in [-0.3, -0.25) is 4.79 Å². The van der Waals surface area contributed by atoms with E-state index in [1.165, 1.54) is 0 Å². The summed E-state index contributed by atoms with van der Waals surface area (Å²) in [6, 6.07) is 14.9. The molecule has 1 aromatic carbocycles. The van der Waals surface area contributed by atoms with E-state index in [0.29, 0.717) is 5.56 Å². The van der Waals surface area contributed by atoms with E-state index < -0.39 is 0 Å². The van der Waals surface area contributed by atoms with E-state index in [2.05, 4.69) is 5.92 Å². The summed E-state index contributed by atoms with van der Waals surface area (Å²) in [6.45, 7) is 2.22. The number of hydrogen-bond acceptors (Lipinski definition) is 1. The lowest BCUT2D eigenvalue weighted by atomic mass is 10.1. The molecule has 0 spiro atoms. The van der Waals surface area contributed by atoms with Crippen LogP contribution >= 0.6 is 0 Å². The molecule has 1 aromatic heterocycles. The van der Waals surface area contributed by atoms with Crippen LogP contribution in [0.1, 0.15) is 21.7 Å². The van der Waals surface area contributed by atoms with Gasteiger partial charge in [-0.1, -0.05) is 30.3 Å². The summed E-state index contributed by atoms with van der Waals surface area (Å²) >= 11 is 0. The van der Waals surface area contributed by atoms with Gasteiger partial charge in [-0.15, -0.1) is 6.42 Å². The molecular formula is C16H14NO+. The van der Waals surface area contributed by atoms with Gasteiger partial charge in [-0.05, 0) is 12.0 Å². The second kappa shape index (κ2) is 5.29. The van der Waals surface area contributed by atoms with Gasteiger partial charge in [0.15, 0.2) is 5.69 Å². The van der Waals surface area contributed by atoms with Gasteiger partial charge < -0.3 is 0 Å². The Morgan fingerprint density at radius 2 is 1.89 bits per heavy atom. The number of pyridine rings is 1. The zero-order valence-electron chi connectivity index (χ0n) is 10.3. The van der Waals surface area contributed by atoms with Gasteiger partial charge in [0, 0.05) is 24.6 Å². The molecule has 0 N–H and O–H groups in total. The number of benzene rings is 1. The summed E-state index contributed by atoms with van der Waals surface area (Å²) in [4.78, 5) is 12.1. The Morgan fingerprint density at radius 3 is 2.56 bits per heavy atom. The van der Waals surface area contributed by atoms with Crippen LogP contribution in [0, 0.1) is 19.3 Å². The van der Waals surface area contributed by atoms with Gasteiger partial charge >= 0.3 is 0 Å². The van der Waals surface area contributed by atoms with E-state index in [1.807, 2.05) is 60.0 Å². The molecule has 0 aliphatic carbocycles. The second-order valence-corrected chi connectivity index (χ2v) is 4.07. The first-order valence-corrected chi connectivity index (χ1v) is 5.76. The zero-order valence-corrected chi connectivity index (χ0v) is 10.3. The van der Waals surface area contributed by atoms with Crippen LogP contribution in [0.2, 0.25) is 0 Å². The fourth-order valence-corrected chi connectivity index (χ4v) is 1.84. The third kappa shape index (κ3) is 2.46. The lowest BCUT2D eigenvalue weighted by Gasteiger charge is -2.02. The molecule has 0 bridgehead atoms. The fraction of sp³-hybridized carbons (Fsp3) is 0.125.